The highest BCUT2D eigenvalue weighted by molar-refractivity contribution is 5.79. The summed E-state index contributed by atoms with van der Waals surface area (Å²) in [5.41, 5.74) is 1.35. The fourth-order valence-corrected chi connectivity index (χ4v) is 3.87. The molecule has 4 rings (SSSR count). The van der Waals surface area contributed by atoms with Gasteiger partial charge in [-0.25, -0.2) is 0 Å². The number of nitrogens with zero attached hydrogens (tertiary/aromatic N) is 3. The van der Waals surface area contributed by atoms with Crippen LogP contribution in [0.1, 0.15) is 55.7 Å². The van der Waals surface area contributed by atoms with Gasteiger partial charge < -0.3 is 9.42 Å². The summed E-state index contributed by atoms with van der Waals surface area (Å²) >= 11 is 0. The van der Waals surface area contributed by atoms with Gasteiger partial charge in [0, 0.05) is 25.1 Å². The van der Waals surface area contributed by atoms with E-state index in [1.807, 2.05) is 24.3 Å². The summed E-state index contributed by atoms with van der Waals surface area (Å²) in [5, 5.41) is 4.04. The van der Waals surface area contributed by atoms with E-state index >= 15 is 0 Å². The number of likely N-dealkylation sites (tertiary alicyclic amines) is 1. The number of aromatic nitrogens is 2. The summed E-state index contributed by atoms with van der Waals surface area (Å²) in [6.45, 7) is 6.51. The van der Waals surface area contributed by atoms with Crippen LogP contribution in [0.2, 0.25) is 0 Å². The van der Waals surface area contributed by atoms with E-state index in [9.17, 15) is 18.0 Å². The minimum Gasteiger partial charge on any atom is -0.339 e. The average Bonchev–Trinajstić information content (AvgIpc) is 3.34. The molecule has 1 unspecified atom stereocenters. The molecule has 0 saturated carbocycles. The van der Waals surface area contributed by atoms with E-state index in [-0.39, 0.29) is 42.3 Å². The summed E-state index contributed by atoms with van der Waals surface area (Å²) in [7, 11) is 0. The van der Waals surface area contributed by atoms with Gasteiger partial charge in [0.15, 0.2) is 0 Å². The number of carbonyl (C=O) groups is 1. The molecule has 2 aromatic carbocycles. The third-order valence-electron chi connectivity index (χ3n) is 5.70. The topological polar surface area (TPSA) is 59.2 Å². The second kappa shape index (κ2) is 8.07. The van der Waals surface area contributed by atoms with Crippen LogP contribution in [0.25, 0.3) is 11.4 Å². The van der Waals surface area contributed by atoms with Crippen molar-refractivity contribution in [2.24, 2.45) is 0 Å². The van der Waals surface area contributed by atoms with Crippen molar-refractivity contribution in [3.05, 3.63) is 71.1 Å². The lowest BCUT2D eigenvalue weighted by atomic mass is 9.87. The molecule has 0 N–H and O–H groups in total. The Balaban J connectivity index is 1.48. The molecule has 1 aliphatic heterocycles. The number of halogens is 3. The summed E-state index contributed by atoms with van der Waals surface area (Å²) < 4.78 is 45.2. The summed E-state index contributed by atoms with van der Waals surface area (Å²) in [4.78, 5) is 18.4. The number of alkyl halides is 3. The van der Waals surface area contributed by atoms with E-state index in [1.165, 1.54) is 28.7 Å². The molecule has 1 atom stereocenters. The molecule has 168 valence electrons. The van der Waals surface area contributed by atoms with Crippen LogP contribution in [0.4, 0.5) is 13.2 Å². The first kappa shape index (κ1) is 22.0. The molecular formula is C24H24F3N3O2. The fourth-order valence-electron chi connectivity index (χ4n) is 3.87. The van der Waals surface area contributed by atoms with Crippen molar-refractivity contribution in [1.82, 2.24) is 15.0 Å². The summed E-state index contributed by atoms with van der Waals surface area (Å²) in [5.74, 6) is 0.158. The molecule has 1 aromatic heterocycles. The number of carbonyl (C=O) groups excluding carboxylic acids is 1. The van der Waals surface area contributed by atoms with Crippen molar-refractivity contribution < 1.29 is 22.5 Å². The Morgan fingerprint density at radius 3 is 2.41 bits per heavy atom. The minimum absolute atomic E-state index is 0.0271. The maximum Gasteiger partial charge on any atom is 0.416 e. The molecule has 0 radical (unpaired) electrons. The monoisotopic (exact) mass is 443 g/mol. The summed E-state index contributed by atoms with van der Waals surface area (Å²) in [6.07, 6.45) is -4.35. The number of rotatable bonds is 4. The molecule has 3 aromatic rings. The van der Waals surface area contributed by atoms with Crippen molar-refractivity contribution in [1.29, 1.82) is 0 Å². The van der Waals surface area contributed by atoms with Gasteiger partial charge in [0.25, 0.3) is 0 Å². The summed E-state index contributed by atoms with van der Waals surface area (Å²) in [6, 6.07) is 13.2. The van der Waals surface area contributed by atoms with E-state index in [0.717, 1.165) is 11.6 Å². The lowest BCUT2D eigenvalue weighted by molar-refractivity contribution is -0.139. The van der Waals surface area contributed by atoms with Gasteiger partial charge in [-0.15, -0.1) is 0 Å². The van der Waals surface area contributed by atoms with Gasteiger partial charge in [0.05, 0.1) is 11.5 Å². The van der Waals surface area contributed by atoms with Crippen LogP contribution in [0.3, 0.4) is 0 Å². The van der Waals surface area contributed by atoms with Crippen LogP contribution in [-0.4, -0.2) is 27.5 Å². The number of amides is 1. The molecule has 1 aliphatic rings. The Morgan fingerprint density at radius 1 is 1.06 bits per heavy atom. The highest BCUT2D eigenvalue weighted by Gasteiger charge is 2.37. The Hall–Kier alpha value is -3.16. The van der Waals surface area contributed by atoms with E-state index in [4.69, 9.17) is 4.52 Å². The quantitative estimate of drug-likeness (QED) is 0.529. The predicted molar refractivity (Wildman–Crippen MR) is 113 cm³/mol. The molecule has 0 bridgehead atoms. The first-order chi connectivity index (χ1) is 15.0. The van der Waals surface area contributed by atoms with Crippen LogP contribution in [0.5, 0.6) is 0 Å². The first-order valence-corrected chi connectivity index (χ1v) is 10.4. The zero-order valence-electron chi connectivity index (χ0n) is 18.1. The van der Waals surface area contributed by atoms with Crippen molar-refractivity contribution >= 4 is 5.91 Å². The van der Waals surface area contributed by atoms with Gasteiger partial charge in [-0.3, -0.25) is 4.79 Å². The van der Waals surface area contributed by atoms with Gasteiger partial charge in [-0.1, -0.05) is 68.4 Å². The van der Waals surface area contributed by atoms with Crippen LogP contribution >= 0.6 is 0 Å². The Labute approximate surface area is 184 Å². The van der Waals surface area contributed by atoms with Gasteiger partial charge in [-0.05, 0) is 22.6 Å². The van der Waals surface area contributed by atoms with Gasteiger partial charge in [-0.2, -0.15) is 18.2 Å². The van der Waals surface area contributed by atoms with E-state index in [1.54, 1.807) is 0 Å². The minimum atomic E-state index is -4.47. The zero-order chi connectivity index (χ0) is 23.1. The number of hydrogen-bond donors (Lipinski definition) is 0. The maximum atomic E-state index is 13.3. The van der Waals surface area contributed by atoms with Crippen molar-refractivity contribution in [2.75, 3.05) is 6.54 Å². The molecule has 2 heterocycles. The molecule has 8 heteroatoms. The van der Waals surface area contributed by atoms with Crippen LogP contribution in [0.15, 0.2) is 53.1 Å². The van der Waals surface area contributed by atoms with E-state index in [0.29, 0.717) is 11.7 Å². The van der Waals surface area contributed by atoms with Crippen molar-refractivity contribution in [2.45, 2.75) is 51.2 Å². The average molecular weight is 443 g/mol. The standard InChI is InChI=1S/C24H24F3N3O2/c1-23(2,3)18-10-8-15(9-11-18)21-28-22(32-29-21)17-12-20(31)30(14-17)13-16-6-4-5-7-19(16)24(25,26)27/h4-11,17H,12-14H2,1-3H3. The highest BCUT2D eigenvalue weighted by atomic mass is 19.4. The second-order valence-electron chi connectivity index (χ2n) is 9.11. The van der Waals surface area contributed by atoms with E-state index < -0.39 is 11.7 Å². The zero-order valence-corrected chi connectivity index (χ0v) is 18.1. The van der Waals surface area contributed by atoms with Gasteiger partial charge in [0.2, 0.25) is 17.6 Å². The lowest BCUT2D eigenvalue weighted by Crippen LogP contribution is -2.26. The molecule has 5 nitrogen and oxygen atoms in total. The largest absolute Gasteiger partial charge is 0.416 e. The Kier molecular flexibility index (Phi) is 5.56. The van der Waals surface area contributed by atoms with Crippen molar-refractivity contribution in [3.63, 3.8) is 0 Å². The van der Waals surface area contributed by atoms with Gasteiger partial charge >= 0.3 is 6.18 Å². The molecule has 32 heavy (non-hydrogen) atoms. The Morgan fingerprint density at radius 2 is 1.75 bits per heavy atom. The van der Waals surface area contributed by atoms with Crippen molar-refractivity contribution in [3.8, 4) is 11.4 Å². The van der Waals surface area contributed by atoms with Gasteiger partial charge in [0.1, 0.15) is 0 Å². The molecule has 0 aliphatic carbocycles. The molecule has 1 amide bonds. The molecule has 1 fully saturated rings. The maximum absolute atomic E-state index is 13.3. The van der Waals surface area contributed by atoms with Crippen LogP contribution in [0, 0.1) is 0 Å². The number of benzene rings is 2. The first-order valence-electron chi connectivity index (χ1n) is 10.4. The van der Waals surface area contributed by atoms with E-state index in [2.05, 4.69) is 30.9 Å². The number of hydrogen-bond acceptors (Lipinski definition) is 4. The fraction of sp³-hybridized carbons (Fsp3) is 0.375. The normalized spacial score (nSPS) is 17.2. The Bertz CT molecular complexity index is 1110. The SMILES string of the molecule is CC(C)(C)c1ccc(-c2noc(C3CC(=O)N(Cc4ccccc4C(F)(F)F)C3)n2)cc1. The van der Waals surface area contributed by atoms with Crippen LogP contribution < -0.4 is 0 Å². The predicted octanol–water partition coefficient (Wildman–Crippen LogP) is 5.57. The third-order valence-corrected chi connectivity index (χ3v) is 5.70. The van der Waals surface area contributed by atoms with Crippen LogP contribution in [-0.2, 0) is 22.9 Å². The lowest BCUT2D eigenvalue weighted by Gasteiger charge is -2.19. The molecular weight excluding hydrogens is 419 g/mol. The highest BCUT2D eigenvalue weighted by Crippen LogP contribution is 2.35. The molecule has 1 saturated heterocycles. The molecule has 0 spiro atoms. The third kappa shape index (κ3) is 4.54. The second-order valence-corrected chi connectivity index (χ2v) is 9.11. The smallest absolute Gasteiger partial charge is 0.339 e.